The summed E-state index contributed by atoms with van der Waals surface area (Å²) in [6, 6.07) is 4.40. The molecule has 1 unspecified atom stereocenters. The Morgan fingerprint density at radius 2 is 2.10 bits per heavy atom. The van der Waals surface area contributed by atoms with Crippen molar-refractivity contribution in [1.29, 1.82) is 0 Å². The normalized spacial score (nSPS) is 13.1. The van der Waals surface area contributed by atoms with E-state index in [-0.39, 0.29) is 16.2 Å². The number of nitrogens with zero attached hydrogens (tertiary/aromatic N) is 1. The van der Waals surface area contributed by atoms with Crippen molar-refractivity contribution in [3.8, 4) is 5.75 Å². The lowest BCUT2D eigenvalue weighted by molar-refractivity contribution is -0.384. The maximum Gasteiger partial charge on any atom is 0.288 e. The maximum absolute atomic E-state index is 10.7. The number of ether oxygens (including phenoxy) is 1. The van der Waals surface area contributed by atoms with Gasteiger partial charge in [-0.25, -0.2) is 0 Å². The molecule has 5 nitrogen and oxygen atoms in total. The average molecular weight is 301 g/mol. The van der Waals surface area contributed by atoms with Gasteiger partial charge in [0.2, 0.25) is 0 Å². The van der Waals surface area contributed by atoms with Gasteiger partial charge in [0.15, 0.2) is 0 Å². The van der Waals surface area contributed by atoms with Crippen LogP contribution in [0, 0.1) is 16.0 Å². The lowest BCUT2D eigenvalue weighted by atomic mass is 10.1. The van der Waals surface area contributed by atoms with Crippen molar-refractivity contribution in [3.63, 3.8) is 0 Å². The second kappa shape index (κ2) is 6.90. The van der Waals surface area contributed by atoms with E-state index in [0.29, 0.717) is 18.3 Å². The minimum atomic E-state index is -0.512. The van der Waals surface area contributed by atoms with E-state index in [0.717, 1.165) is 6.54 Å². The number of hydrogen-bond donors (Lipinski definition) is 1. The van der Waals surface area contributed by atoms with Gasteiger partial charge in [-0.05, 0) is 26.8 Å². The molecule has 1 rings (SSSR count). The van der Waals surface area contributed by atoms with E-state index >= 15 is 0 Å². The summed E-state index contributed by atoms with van der Waals surface area (Å²) in [5, 5.41) is 14.1. The summed E-state index contributed by atoms with van der Waals surface area (Å²) in [5.74, 6) is 0.867. The molecule has 6 heteroatoms. The molecule has 0 aromatic heterocycles. The van der Waals surface area contributed by atoms with E-state index in [1.807, 2.05) is 0 Å². The van der Waals surface area contributed by atoms with Crippen molar-refractivity contribution >= 4 is 17.3 Å². The third-order valence-corrected chi connectivity index (χ3v) is 2.93. The number of rotatable bonds is 6. The molecule has 0 aliphatic heterocycles. The van der Waals surface area contributed by atoms with E-state index in [9.17, 15) is 10.1 Å². The van der Waals surface area contributed by atoms with Crippen molar-refractivity contribution < 1.29 is 9.66 Å². The van der Waals surface area contributed by atoms with Gasteiger partial charge in [0.1, 0.15) is 10.8 Å². The van der Waals surface area contributed by atoms with E-state index in [4.69, 9.17) is 16.3 Å². The van der Waals surface area contributed by atoms with Crippen molar-refractivity contribution in [2.45, 2.75) is 33.2 Å². The second-order valence-corrected chi connectivity index (χ2v) is 6.32. The Morgan fingerprint density at radius 1 is 1.45 bits per heavy atom. The third kappa shape index (κ3) is 5.75. The number of hydrogen-bond acceptors (Lipinski definition) is 4. The van der Waals surface area contributed by atoms with Crippen LogP contribution < -0.4 is 10.1 Å². The summed E-state index contributed by atoms with van der Waals surface area (Å²) in [6.07, 6.45) is 0. The Hall–Kier alpha value is -1.33. The van der Waals surface area contributed by atoms with E-state index in [1.165, 1.54) is 12.1 Å². The van der Waals surface area contributed by atoms with Gasteiger partial charge in [0.25, 0.3) is 5.69 Å². The number of nitro benzene ring substituents is 1. The summed E-state index contributed by atoms with van der Waals surface area (Å²) in [7, 11) is 0. The van der Waals surface area contributed by atoms with Crippen molar-refractivity contribution in [3.05, 3.63) is 33.3 Å². The van der Waals surface area contributed by atoms with Crippen LogP contribution in [0.2, 0.25) is 5.02 Å². The van der Waals surface area contributed by atoms with Crippen LogP contribution in [0.1, 0.15) is 27.7 Å². The minimum absolute atomic E-state index is 0.0743. The highest BCUT2D eigenvalue weighted by Gasteiger charge is 2.14. The zero-order chi connectivity index (χ0) is 15.3. The first-order valence-corrected chi connectivity index (χ1v) is 6.88. The summed E-state index contributed by atoms with van der Waals surface area (Å²) < 4.78 is 5.60. The molecular weight excluding hydrogens is 280 g/mol. The van der Waals surface area contributed by atoms with Crippen LogP contribution in [0.4, 0.5) is 5.69 Å². The second-order valence-electron chi connectivity index (χ2n) is 5.92. The van der Waals surface area contributed by atoms with Gasteiger partial charge < -0.3 is 10.1 Å². The zero-order valence-electron chi connectivity index (χ0n) is 12.3. The van der Waals surface area contributed by atoms with Gasteiger partial charge in [-0.15, -0.1) is 0 Å². The molecule has 0 heterocycles. The maximum atomic E-state index is 10.7. The molecule has 0 bridgehead atoms. The monoisotopic (exact) mass is 300 g/mol. The van der Waals surface area contributed by atoms with Crippen LogP contribution >= 0.6 is 11.6 Å². The fourth-order valence-electron chi connectivity index (χ4n) is 1.50. The van der Waals surface area contributed by atoms with Crippen LogP contribution in [0.25, 0.3) is 0 Å². The molecule has 0 saturated carbocycles. The fraction of sp³-hybridized carbons (Fsp3) is 0.571. The van der Waals surface area contributed by atoms with Crippen LogP contribution in [-0.4, -0.2) is 23.6 Å². The summed E-state index contributed by atoms with van der Waals surface area (Å²) in [5.41, 5.74) is -0.0354. The summed E-state index contributed by atoms with van der Waals surface area (Å²) in [6.45, 7) is 9.76. The van der Waals surface area contributed by atoms with Gasteiger partial charge in [0.05, 0.1) is 11.5 Å². The number of benzene rings is 1. The van der Waals surface area contributed by atoms with Gasteiger partial charge in [0, 0.05) is 30.1 Å². The summed E-state index contributed by atoms with van der Waals surface area (Å²) in [4.78, 5) is 10.1. The fourth-order valence-corrected chi connectivity index (χ4v) is 1.74. The molecule has 0 fully saturated rings. The van der Waals surface area contributed by atoms with Gasteiger partial charge in [-0.2, -0.15) is 0 Å². The first kappa shape index (κ1) is 16.7. The molecular formula is C14H21ClN2O3. The largest absolute Gasteiger partial charge is 0.493 e. The molecule has 0 amide bonds. The number of halogens is 1. The van der Waals surface area contributed by atoms with Crippen molar-refractivity contribution in [2.24, 2.45) is 5.92 Å². The highest BCUT2D eigenvalue weighted by Crippen LogP contribution is 2.28. The first-order chi connectivity index (χ1) is 9.19. The van der Waals surface area contributed by atoms with Crippen LogP contribution in [0.3, 0.4) is 0 Å². The van der Waals surface area contributed by atoms with Crippen LogP contribution in [0.15, 0.2) is 18.2 Å². The third-order valence-electron chi connectivity index (χ3n) is 2.63. The molecule has 1 aromatic rings. The Kier molecular flexibility index (Phi) is 5.77. The minimum Gasteiger partial charge on any atom is -0.493 e. The predicted octanol–water partition coefficient (Wildman–Crippen LogP) is 3.65. The van der Waals surface area contributed by atoms with Crippen LogP contribution in [-0.2, 0) is 0 Å². The highest BCUT2D eigenvalue weighted by molar-refractivity contribution is 6.32. The molecule has 20 heavy (non-hydrogen) atoms. The highest BCUT2D eigenvalue weighted by atomic mass is 35.5. The molecule has 0 saturated heterocycles. The summed E-state index contributed by atoms with van der Waals surface area (Å²) >= 11 is 5.83. The quantitative estimate of drug-likeness (QED) is 0.643. The molecule has 1 N–H and O–H groups in total. The Balaban J connectivity index is 2.50. The van der Waals surface area contributed by atoms with E-state index in [2.05, 4.69) is 33.0 Å². The Labute approximate surface area is 124 Å². The molecule has 1 aromatic carbocycles. The topological polar surface area (TPSA) is 64.4 Å². The van der Waals surface area contributed by atoms with Crippen molar-refractivity contribution in [1.82, 2.24) is 5.32 Å². The van der Waals surface area contributed by atoms with E-state index in [1.54, 1.807) is 6.07 Å². The molecule has 1 atom stereocenters. The lowest BCUT2D eigenvalue weighted by Crippen LogP contribution is -2.39. The first-order valence-electron chi connectivity index (χ1n) is 6.51. The van der Waals surface area contributed by atoms with Gasteiger partial charge in [-0.1, -0.05) is 18.5 Å². The molecule has 0 aliphatic carbocycles. The zero-order valence-corrected chi connectivity index (χ0v) is 13.0. The number of nitrogens with one attached hydrogen (secondary N) is 1. The van der Waals surface area contributed by atoms with Gasteiger partial charge in [-0.3, -0.25) is 10.1 Å². The Bertz CT molecular complexity index is 472. The van der Waals surface area contributed by atoms with Gasteiger partial charge >= 0.3 is 0 Å². The van der Waals surface area contributed by atoms with Crippen molar-refractivity contribution in [2.75, 3.05) is 13.2 Å². The lowest BCUT2D eigenvalue weighted by Gasteiger charge is -2.23. The SMILES string of the molecule is CC(CNC(C)(C)C)COc1ccc([N+](=O)[O-])c(Cl)c1. The number of nitro groups is 1. The van der Waals surface area contributed by atoms with E-state index < -0.39 is 4.92 Å². The smallest absolute Gasteiger partial charge is 0.288 e. The average Bonchev–Trinajstić information content (AvgIpc) is 2.32. The molecule has 0 aliphatic rings. The Morgan fingerprint density at radius 3 is 2.60 bits per heavy atom. The predicted molar refractivity (Wildman–Crippen MR) is 80.5 cm³/mol. The molecule has 0 spiro atoms. The standard InChI is InChI=1S/C14H21ClN2O3/c1-10(8-16-14(2,3)4)9-20-11-5-6-13(17(18)19)12(15)7-11/h5-7,10,16H,8-9H2,1-4H3. The molecule has 0 radical (unpaired) electrons. The molecule has 112 valence electrons. The van der Waals surface area contributed by atoms with Crippen LogP contribution in [0.5, 0.6) is 5.75 Å².